The van der Waals surface area contributed by atoms with E-state index in [1.807, 2.05) is 6.07 Å². The summed E-state index contributed by atoms with van der Waals surface area (Å²) >= 11 is 0. The quantitative estimate of drug-likeness (QED) is 0.166. The summed E-state index contributed by atoms with van der Waals surface area (Å²) in [6, 6.07) is 104. The molecule has 2 aromatic heterocycles. The topological polar surface area (TPSA) is 21.3 Å². The standard InChI is InChI=1S/C74H46N2O/c1-3-21-48(22-4-1)73(49-23-5-2-6-24-49)62-34-14-9-29-58(62)70-64(73)36-20-39-68(70)75(50-43-41-47(42-44-50)52-30-19-31-57-56-28-11-18-40-69(56)77-72(52)57)51-45-59-55-27-10-16-37-66(55)76-67-38-17-15-35-63(67)74(65(46-51)71(59)76)60-32-12-7-25-53(60)54-26-8-13-33-61(54)74/h1-46H. The van der Waals surface area contributed by atoms with Gasteiger partial charge in [0, 0.05) is 44.0 Å². The Morgan fingerprint density at radius 2 is 0.883 bits per heavy atom. The van der Waals surface area contributed by atoms with Crippen molar-refractivity contribution in [3.05, 3.63) is 324 Å². The third kappa shape index (κ3) is 5.49. The molecule has 12 aromatic carbocycles. The van der Waals surface area contributed by atoms with Crippen molar-refractivity contribution in [1.29, 1.82) is 0 Å². The van der Waals surface area contributed by atoms with Gasteiger partial charge in [-0.3, -0.25) is 0 Å². The molecule has 2 aliphatic carbocycles. The van der Waals surface area contributed by atoms with E-state index in [0.29, 0.717) is 0 Å². The predicted molar refractivity (Wildman–Crippen MR) is 316 cm³/mol. The fourth-order valence-electron chi connectivity index (χ4n) is 14.5. The van der Waals surface area contributed by atoms with Crippen molar-refractivity contribution in [2.24, 2.45) is 0 Å². The van der Waals surface area contributed by atoms with Crippen molar-refractivity contribution in [3.63, 3.8) is 0 Å². The second-order valence-electron chi connectivity index (χ2n) is 21.0. The van der Waals surface area contributed by atoms with Gasteiger partial charge in [0.25, 0.3) is 0 Å². The van der Waals surface area contributed by atoms with Gasteiger partial charge in [-0.2, -0.15) is 0 Å². The van der Waals surface area contributed by atoms with Crippen LogP contribution >= 0.6 is 0 Å². The number of fused-ring (bicyclic) bond motifs is 18. The highest BCUT2D eigenvalue weighted by atomic mass is 16.3. The van der Waals surface area contributed by atoms with E-state index in [1.54, 1.807) is 0 Å². The van der Waals surface area contributed by atoms with Crippen LogP contribution in [0.5, 0.6) is 0 Å². The zero-order chi connectivity index (χ0) is 50.4. The molecule has 17 rings (SSSR count). The molecule has 3 heterocycles. The van der Waals surface area contributed by atoms with Crippen LogP contribution in [0, 0.1) is 0 Å². The van der Waals surface area contributed by atoms with Crippen LogP contribution in [0.3, 0.4) is 0 Å². The van der Waals surface area contributed by atoms with E-state index in [0.717, 1.165) is 50.1 Å². The Morgan fingerprint density at radius 3 is 1.61 bits per heavy atom. The van der Waals surface area contributed by atoms with Gasteiger partial charge in [-0.25, -0.2) is 0 Å². The molecule has 0 saturated heterocycles. The van der Waals surface area contributed by atoms with Crippen LogP contribution in [-0.4, -0.2) is 4.57 Å². The number of aromatic nitrogens is 1. The molecule has 3 nitrogen and oxygen atoms in total. The van der Waals surface area contributed by atoms with Gasteiger partial charge in [0.1, 0.15) is 11.2 Å². The lowest BCUT2D eigenvalue weighted by molar-refractivity contribution is 0.670. The average Bonchev–Trinajstić information content (AvgIpc) is 4.44. The molecule has 3 aliphatic rings. The predicted octanol–water partition coefficient (Wildman–Crippen LogP) is 18.9. The van der Waals surface area contributed by atoms with E-state index < -0.39 is 10.8 Å². The zero-order valence-electron chi connectivity index (χ0n) is 41.9. The van der Waals surface area contributed by atoms with E-state index in [-0.39, 0.29) is 0 Å². The van der Waals surface area contributed by atoms with Crippen LogP contribution in [0.1, 0.15) is 44.5 Å². The van der Waals surface area contributed by atoms with Crippen LogP contribution in [0.2, 0.25) is 0 Å². The largest absolute Gasteiger partial charge is 0.455 e. The Kier molecular flexibility index (Phi) is 8.69. The summed E-state index contributed by atoms with van der Waals surface area (Å²) in [5.41, 5.74) is 24.9. The number of nitrogens with zero attached hydrogens (tertiary/aromatic N) is 2. The maximum absolute atomic E-state index is 6.65. The van der Waals surface area contributed by atoms with E-state index in [4.69, 9.17) is 4.42 Å². The molecule has 3 heteroatoms. The highest BCUT2D eigenvalue weighted by molar-refractivity contribution is 6.15. The lowest BCUT2D eigenvalue weighted by atomic mass is 9.65. The molecule has 0 radical (unpaired) electrons. The Bertz CT molecular complexity index is 4670. The molecule has 0 N–H and O–H groups in total. The molecule has 0 saturated carbocycles. The van der Waals surface area contributed by atoms with Gasteiger partial charge in [0.15, 0.2) is 0 Å². The average molecular weight is 979 g/mol. The van der Waals surface area contributed by atoms with Gasteiger partial charge < -0.3 is 13.9 Å². The molecule has 358 valence electrons. The molecule has 0 fully saturated rings. The highest BCUT2D eigenvalue weighted by Gasteiger charge is 2.52. The van der Waals surface area contributed by atoms with Gasteiger partial charge >= 0.3 is 0 Å². The lowest BCUT2D eigenvalue weighted by Gasteiger charge is -2.40. The number of rotatable bonds is 6. The zero-order valence-corrected chi connectivity index (χ0v) is 41.9. The molecular weight excluding hydrogens is 933 g/mol. The Balaban J connectivity index is 0.994. The molecule has 0 unspecified atom stereocenters. The van der Waals surface area contributed by atoms with Crippen LogP contribution in [0.4, 0.5) is 17.1 Å². The number of hydrogen-bond acceptors (Lipinski definition) is 2. The summed E-state index contributed by atoms with van der Waals surface area (Å²) in [6.45, 7) is 0. The van der Waals surface area contributed by atoms with Crippen molar-refractivity contribution in [2.45, 2.75) is 10.8 Å². The van der Waals surface area contributed by atoms with E-state index in [9.17, 15) is 0 Å². The van der Waals surface area contributed by atoms with E-state index >= 15 is 0 Å². The van der Waals surface area contributed by atoms with E-state index in [1.165, 1.54) is 94.3 Å². The third-order valence-electron chi connectivity index (χ3n) is 17.5. The fraction of sp³-hybridized carbons (Fsp3) is 0.0270. The molecule has 0 bridgehead atoms. The number of hydrogen-bond donors (Lipinski definition) is 0. The maximum Gasteiger partial charge on any atom is 0.143 e. The van der Waals surface area contributed by atoms with Gasteiger partial charge in [0.2, 0.25) is 0 Å². The van der Waals surface area contributed by atoms with Gasteiger partial charge in [-0.1, -0.05) is 231 Å². The molecule has 1 aliphatic heterocycles. The summed E-state index contributed by atoms with van der Waals surface area (Å²) in [5, 5.41) is 4.69. The molecule has 1 spiro atoms. The first-order valence-electron chi connectivity index (χ1n) is 26.7. The second kappa shape index (κ2) is 15.8. The summed E-state index contributed by atoms with van der Waals surface area (Å²) in [5.74, 6) is 0. The molecular formula is C74H46N2O. The van der Waals surface area contributed by atoms with Crippen molar-refractivity contribution >= 4 is 60.8 Å². The van der Waals surface area contributed by atoms with Crippen molar-refractivity contribution in [3.8, 4) is 39.1 Å². The van der Waals surface area contributed by atoms with E-state index in [2.05, 4.69) is 282 Å². The van der Waals surface area contributed by atoms with Crippen LogP contribution < -0.4 is 4.90 Å². The first-order chi connectivity index (χ1) is 38.2. The fourth-order valence-corrected chi connectivity index (χ4v) is 14.5. The minimum absolute atomic E-state index is 0.584. The number of para-hydroxylation sites is 4. The molecule has 14 aromatic rings. The summed E-state index contributed by atoms with van der Waals surface area (Å²) < 4.78 is 9.20. The monoisotopic (exact) mass is 978 g/mol. The number of anilines is 3. The van der Waals surface area contributed by atoms with Gasteiger partial charge in [0.05, 0.1) is 33.2 Å². The first kappa shape index (κ1) is 42.4. The smallest absolute Gasteiger partial charge is 0.143 e. The summed E-state index contributed by atoms with van der Waals surface area (Å²) in [7, 11) is 0. The SMILES string of the molecule is c1ccc(C2(c3ccccc3)c3ccccc3-c3c(N(c4ccc(-c5cccc6c5oc5ccccc56)cc4)c4cc5c6c(c4)c4ccccc4n6-c4ccccc4C54c5ccccc5-c5ccccc54)cccc32)cc1. The minimum Gasteiger partial charge on any atom is -0.455 e. The number of benzene rings is 12. The van der Waals surface area contributed by atoms with Gasteiger partial charge in [-0.15, -0.1) is 0 Å². The molecule has 0 atom stereocenters. The third-order valence-corrected chi connectivity index (χ3v) is 17.5. The maximum atomic E-state index is 6.65. The summed E-state index contributed by atoms with van der Waals surface area (Å²) in [6.07, 6.45) is 0. The Labute approximate surface area is 445 Å². The van der Waals surface area contributed by atoms with Crippen LogP contribution in [0.25, 0.3) is 82.8 Å². The minimum atomic E-state index is -0.621. The first-order valence-corrected chi connectivity index (χ1v) is 26.7. The van der Waals surface area contributed by atoms with Crippen molar-refractivity contribution in [1.82, 2.24) is 4.57 Å². The highest BCUT2D eigenvalue weighted by Crippen LogP contribution is 2.63. The van der Waals surface area contributed by atoms with Crippen LogP contribution in [0.15, 0.2) is 283 Å². The molecule has 77 heavy (non-hydrogen) atoms. The number of furan rings is 1. The van der Waals surface area contributed by atoms with Crippen molar-refractivity contribution in [2.75, 3.05) is 4.90 Å². The normalized spacial score (nSPS) is 13.9. The van der Waals surface area contributed by atoms with Crippen LogP contribution in [-0.2, 0) is 10.8 Å². The summed E-state index contributed by atoms with van der Waals surface area (Å²) in [4.78, 5) is 2.57. The van der Waals surface area contributed by atoms with Crippen molar-refractivity contribution < 1.29 is 4.42 Å². The lowest BCUT2D eigenvalue weighted by Crippen LogP contribution is -2.33. The Morgan fingerprint density at radius 1 is 0.338 bits per heavy atom. The van der Waals surface area contributed by atoms with Gasteiger partial charge in [-0.05, 0) is 115 Å². The molecule has 0 amide bonds. The second-order valence-corrected chi connectivity index (χ2v) is 21.0. The Hall–Kier alpha value is -9.96.